The van der Waals surface area contributed by atoms with E-state index in [-0.39, 0.29) is 38.5 Å². The second kappa shape index (κ2) is 13.2. The molecule has 1 aliphatic rings. The molecule has 0 radical (unpaired) electrons. The lowest BCUT2D eigenvalue weighted by Gasteiger charge is -2.27. The maximum absolute atomic E-state index is 13.6. The van der Waals surface area contributed by atoms with E-state index in [1.807, 2.05) is 19.1 Å². The molecule has 0 unspecified atom stereocenters. The van der Waals surface area contributed by atoms with Gasteiger partial charge in [-0.3, -0.25) is 20.2 Å². The first kappa shape index (κ1) is 30.3. The van der Waals surface area contributed by atoms with Crippen LogP contribution in [-0.4, -0.2) is 61.5 Å². The molecule has 1 atom stereocenters. The molecule has 2 aromatic rings. The minimum absolute atomic E-state index is 0.0677. The Kier molecular flexibility index (Phi) is 10.3. The molecule has 1 heterocycles. The van der Waals surface area contributed by atoms with Crippen LogP contribution in [0.1, 0.15) is 39.0 Å². The summed E-state index contributed by atoms with van der Waals surface area (Å²) in [5, 5.41) is 23.1. The number of hydrogen-bond donors (Lipinski definition) is 0. The molecule has 0 bridgehead atoms. The van der Waals surface area contributed by atoms with Crippen molar-refractivity contribution >= 4 is 31.4 Å². The Bertz CT molecular complexity index is 1430. The fraction of sp³-hybridized carbons (Fsp3) is 0.440. The van der Waals surface area contributed by atoms with Crippen molar-refractivity contribution in [1.82, 2.24) is 8.61 Å². The third kappa shape index (κ3) is 7.47. The highest BCUT2D eigenvalue weighted by Crippen LogP contribution is 2.29. The maximum Gasteiger partial charge on any atom is 0.289 e. The number of benzene rings is 2. The van der Waals surface area contributed by atoms with Gasteiger partial charge in [0.05, 0.1) is 9.85 Å². The molecule has 3 rings (SSSR count). The van der Waals surface area contributed by atoms with Crippen LogP contribution in [0.15, 0.2) is 70.5 Å². The Hall–Kier alpha value is -3.20. The van der Waals surface area contributed by atoms with Crippen molar-refractivity contribution in [3.63, 3.8) is 0 Å². The summed E-state index contributed by atoms with van der Waals surface area (Å²) in [4.78, 5) is 20.7. The number of para-hydroxylation sites is 2. The highest BCUT2D eigenvalue weighted by atomic mass is 32.2. The van der Waals surface area contributed by atoms with Gasteiger partial charge >= 0.3 is 0 Å². The van der Waals surface area contributed by atoms with E-state index in [0.29, 0.717) is 25.7 Å². The van der Waals surface area contributed by atoms with Crippen LogP contribution in [0.2, 0.25) is 0 Å². The number of sulfonamides is 2. The van der Waals surface area contributed by atoms with E-state index in [2.05, 4.69) is 0 Å². The van der Waals surface area contributed by atoms with Crippen molar-refractivity contribution in [3.8, 4) is 0 Å². The van der Waals surface area contributed by atoms with E-state index in [4.69, 9.17) is 0 Å². The number of nitro benzene ring substituents is 2. The van der Waals surface area contributed by atoms with Crippen LogP contribution in [0.25, 0.3) is 0 Å². The van der Waals surface area contributed by atoms with Crippen molar-refractivity contribution in [2.24, 2.45) is 5.92 Å². The lowest BCUT2D eigenvalue weighted by Crippen LogP contribution is -2.39. The quantitative estimate of drug-likeness (QED) is 0.277. The van der Waals surface area contributed by atoms with Crippen LogP contribution in [0.4, 0.5) is 11.4 Å². The number of nitrogens with zero attached hydrogens (tertiary/aromatic N) is 4. The Morgan fingerprint density at radius 2 is 1.18 bits per heavy atom. The molecule has 14 heteroatoms. The lowest BCUT2D eigenvalue weighted by atomic mass is 10.1. The van der Waals surface area contributed by atoms with Gasteiger partial charge in [0.2, 0.25) is 20.0 Å². The second-order valence-corrected chi connectivity index (χ2v) is 13.2. The van der Waals surface area contributed by atoms with Gasteiger partial charge in [0, 0.05) is 38.3 Å². The topological polar surface area (TPSA) is 161 Å². The summed E-state index contributed by atoms with van der Waals surface area (Å²) < 4.78 is 56.6. The van der Waals surface area contributed by atoms with Gasteiger partial charge in [-0.2, -0.15) is 8.61 Å². The molecule has 212 valence electrons. The number of rotatable bonds is 6. The Morgan fingerprint density at radius 1 is 0.718 bits per heavy atom. The summed E-state index contributed by atoms with van der Waals surface area (Å²) in [5.41, 5.74) is -1.07. The molecule has 2 aromatic carbocycles. The highest BCUT2D eigenvalue weighted by Gasteiger charge is 2.34. The molecule has 0 saturated heterocycles. The summed E-state index contributed by atoms with van der Waals surface area (Å²) in [6, 6.07) is 10.2. The third-order valence-corrected chi connectivity index (χ3v) is 10.3. The average molecular weight is 581 g/mol. The van der Waals surface area contributed by atoms with Crippen LogP contribution in [0, 0.1) is 26.1 Å². The van der Waals surface area contributed by atoms with Crippen molar-refractivity contribution in [1.29, 1.82) is 0 Å². The second-order valence-electron chi connectivity index (χ2n) is 9.37. The molecule has 0 spiro atoms. The number of nitro groups is 2. The van der Waals surface area contributed by atoms with Crippen LogP contribution in [-0.2, 0) is 20.0 Å². The summed E-state index contributed by atoms with van der Waals surface area (Å²) in [5.74, 6) is -0.0677. The molecule has 39 heavy (non-hydrogen) atoms. The Morgan fingerprint density at radius 3 is 1.74 bits per heavy atom. The fourth-order valence-electron chi connectivity index (χ4n) is 4.46. The molecule has 0 aliphatic carbocycles. The molecule has 0 amide bonds. The van der Waals surface area contributed by atoms with Gasteiger partial charge in [-0.15, -0.1) is 0 Å². The first-order chi connectivity index (χ1) is 18.5. The van der Waals surface area contributed by atoms with Gasteiger partial charge in [-0.1, -0.05) is 43.3 Å². The first-order valence-electron chi connectivity index (χ1n) is 12.6. The maximum atomic E-state index is 13.6. The molecular weight excluding hydrogens is 548 g/mol. The van der Waals surface area contributed by atoms with E-state index in [9.17, 15) is 37.1 Å². The van der Waals surface area contributed by atoms with Crippen LogP contribution < -0.4 is 0 Å². The normalized spacial score (nSPS) is 20.1. The molecule has 0 N–H and O–H groups in total. The summed E-state index contributed by atoms with van der Waals surface area (Å²) >= 11 is 0. The van der Waals surface area contributed by atoms with Crippen LogP contribution in [0.3, 0.4) is 0 Å². The first-order valence-corrected chi connectivity index (χ1v) is 15.5. The van der Waals surface area contributed by atoms with Crippen molar-refractivity contribution in [3.05, 3.63) is 80.9 Å². The van der Waals surface area contributed by atoms with Crippen molar-refractivity contribution in [2.75, 3.05) is 26.2 Å². The van der Waals surface area contributed by atoms with Gasteiger partial charge in [-0.25, -0.2) is 16.8 Å². The minimum atomic E-state index is -4.28. The van der Waals surface area contributed by atoms with E-state index in [0.717, 1.165) is 16.4 Å². The summed E-state index contributed by atoms with van der Waals surface area (Å²) in [6.07, 6.45) is 6.48. The van der Waals surface area contributed by atoms with Gasteiger partial charge in [0.15, 0.2) is 9.79 Å². The molecular formula is C25H32N4O8S2. The zero-order chi connectivity index (χ0) is 28.6. The fourth-order valence-corrected chi connectivity index (χ4v) is 7.89. The zero-order valence-electron chi connectivity index (χ0n) is 21.6. The molecule has 0 aromatic heterocycles. The zero-order valence-corrected chi connectivity index (χ0v) is 23.2. The molecule has 0 saturated carbocycles. The van der Waals surface area contributed by atoms with Crippen molar-refractivity contribution in [2.45, 2.75) is 48.8 Å². The number of hydrogen-bond acceptors (Lipinski definition) is 8. The SMILES string of the molecule is C[C@H]1CC/C=C/CCCN(S(=O)(=O)c2ccccc2[N+](=O)[O-])CCCN(S(=O)(=O)c2ccccc2[N+](=O)[O-])C1. The van der Waals surface area contributed by atoms with E-state index in [1.165, 1.54) is 40.7 Å². The van der Waals surface area contributed by atoms with Gasteiger partial charge in [-0.05, 0) is 50.2 Å². The van der Waals surface area contributed by atoms with Gasteiger partial charge in [0.25, 0.3) is 11.4 Å². The van der Waals surface area contributed by atoms with Crippen LogP contribution >= 0.6 is 0 Å². The summed E-state index contributed by atoms with van der Waals surface area (Å²) in [6.45, 7) is 1.91. The van der Waals surface area contributed by atoms with E-state index in [1.54, 1.807) is 0 Å². The monoisotopic (exact) mass is 580 g/mol. The Balaban J connectivity index is 1.96. The third-order valence-electron chi connectivity index (χ3n) is 6.46. The average Bonchev–Trinajstić information content (AvgIpc) is 2.90. The largest absolute Gasteiger partial charge is 0.289 e. The molecule has 12 nitrogen and oxygen atoms in total. The smallest absolute Gasteiger partial charge is 0.258 e. The summed E-state index contributed by atoms with van der Waals surface area (Å²) in [7, 11) is -8.55. The van der Waals surface area contributed by atoms with E-state index < -0.39 is 51.1 Å². The minimum Gasteiger partial charge on any atom is -0.258 e. The highest BCUT2D eigenvalue weighted by molar-refractivity contribution is 7.89. The van der Waals surface area contributed by atoms with E-state index >= 15 is 0 Å². The van der Waals surface area contributed by atoms with Gasteiger partial charge < -0.3 is 0 Å². The molecule has 1 aliphatic heterocycles. The molecule has 0 fully saturated rings. The lowest BCUT2D eigenvalue weighted by molar-refractivity contribution is -0.388. The van der Waals surface area contributed by atoms with Gasteiger partial charge in [0.1, 0.15) is 0 Å². The van der Waals surface area contributed by atoms with Crippen molar-refractivity contribution < 1.29 is 26.7 Å². The number of allylic oxidation sites excluding steroid dienone is 2. The van der Waals surface area contributed by atoms with Crippen LogP contribution in [0.5, 0.6) is 0 Å². The predicted molar refractivity (Wildman–Crippen MR) is 145 cm³/mol. The standard InChI is InChI=1S/C25H32N4O8S2/c1-21-12-5-3-2-4-10-17-26(38(34,35)24-15-8-6-13-22(24)28(30)31)18-11-19-27(20-21)39(36,37)25-16-9-7-14-23(25)29(32)33/h2-3,6-9,13-16,21H,4-5,10-12,17-20H2,1H3/b3-2+/t21-/m0/s1. The predicted octanol–water partition coefficient (Wildman–Crippen LogP) is 4.34. The Labute approximate surface area is 228 Å².